The van der Waals surface area contributed by atoms with Crippen molar-refractivity contribution in [1.29, 1.82) is 5.41 Å². The molecule has 0 aliphatic carbocycles. The fourth-order valence-electron chi connectivity index (χ4n) is 5.72. The van der Waals surface area contributed by atoms with Crippen molar-refractivity contribution in [3.63, 3.8) is 0 Å². The van der Waals surface area contributed by atoms with Crippen LogP contribution in [0.3, 0.4) is 0 Å². The van der Waals surface area contributed by atoms with E-state index in [9.17, 15) is 14.4 Å². The summed E-state index contributed by atoms with van der Waals surface area (Å²) in [7, 11) is 1.55. The Labute approximate surface area is 265 Å². The lowest BCUT2D eigenvalue weighted by Crippen LogP contribution is -2.31. The molecular formula is C34H46N4O7. The zero-order valence-electron chi connectivity index (χ0n) is 27.2. The third-order valence-electron chi connectivity index (χ3n) is 8.12. The minimum absolute atomic E-state index is 0.0177. The zero-order chi connectivity index (χ0) is 32.9. The number of amides is 1. The second-order valence-corrected chi connectivity index (χ2v) is 12.5. The number of carbonyl (C=O) groups excluding carboxylic acids is 2. The van der Waals surface area contributed by atoms with Crippen molar-refractivity contribution in [2.45, 2.75) is 71.9 Å². The number of hydrogen-bond donors (Lipinski definition) is 3. The third-order valence-corrected chi connectivity index (χ3v) is 8.12. The van der Waals surface area contributed by atoms with Gasteiger partial charge in [-0.1, -0.05) is 34.1 Å². The van der Waals surface area contributed by atoms with E-state index in [2.05, 4.69) is 37.9 Å². The molecule has 1 amide bonds. The number of unbranched alkanes of at least 4 members (excludes halogenated alkanes) is 1. The first-order valence-corrected chi connectivity index (χ1v) is 15.7. The highest BCUT2D eigenvalue weighted by molar-refractivity contribution is 6.08. The van der Waals surface area contributed by atoms with Crippen LogP contribution in [0.4, 0.5) is 5.69 Å². The Bertz CT molecular complexity index is 1450. The average Bonchev–Trinajstić information content (AvgIpc) is 3.59. The van der Waals surface area contributed by atoms with Crippen molar-refractivity contribution in [2.24, 2.45) is 0 Å². The van der Waals surface area contributed by atoms with Crippen molar-refractivity contribution < 1.29 is 33.7 Å². The number of fused-ring (bicyclic) bond motifs is 1. The second-order valence-electron chi connectivity index (χ2n) is 12.5. The van der Waals surface area contributed by atoms with E-state index in [1.807, 2.05) is 19.1 Å². The molecule has 0 bridgehead atoms. The largest absolute Gasteiger partial charge is 0.493 e. The van der Waals surface area contributed by atoms with Gasteiger partial charge in [-0.25, -0.2) is 4.79 Å². The Morgan fingerprint density at radius 2 is 1.87 bits per heavy atom. The molecule has 0 saturated carbocycles. The zero-order valence-corrected chi connectivity index (χ0v) is 27.2. The summed E-state index contributed by atoms with van der Waals surface area (Å²) < 4.78 is 17.7. The average molecular weight is 623 g/mol. The maximum absolute atomic E-state index is 14.0. The topological polar surface area (TPSA) is 141 Å². The van der Waals surface area contributed by atoms with Crippen molar-refractivity contribution in [3.8, 4) is 11.5 Å². The molecule has 244 valence electrons. The molecule has 1 fully saturated rings. The molecule has 2 aliphatic heterocycles. The maximum atomic E-state index is 14.0. The molecule has 2 aromatic carbocycles. The van der Waals surface area contributed by atoms with Gasteiger partial charge in [0.25, 0.3) is 5.91 Å². The number of nitrogens with one attached hydrogen (secondary N) is 2. The van der Waals surface area contributed by atoms with Gasteiger partial charge in [-0.3, -0.25) is 15.0 Å². The minimum atomic E-state index is -1.01. The highest BCUT2D eigenvalue weighted by Gasteiger charge is 2.33. The summed E-state index contributed by atoms with van der Waals surface area (Å²) in [5.41, 5.74) is 3.65. The third kappa shape index (κ3) is 7.76. The Hall–Kier alpha value is -4.12. The summed E-state index contributed by atoms with van der Waals surface area (Å²) in [6.45, 7) is 12.2. The lowest BCUT2D eigenvalue weighted by Gasteiger charge is -2.30. The Morgan fingerprint density at radius 1 is 1.11 bits per heavy atom. The lowest BCUT2D eigenvalue weighted by molar-refractivity contribution is -0.143. The molecule has 1 saturated heterocycles. The van der Waals surface area contributed by atoms with E-state index in [1.165, 1.54) is 0 Å². The number of hydrogen-bond acceptors (Lipinski definition) is 8. The number of carboxylic acid groups (broad SMARTS) is 1. The molecular weight excluding hydrogens is 576 g/mol. The number of aliphatic carboxylic acids is 1. The normalized spacial score (nSPS) is 16.1. The first-order chi connectivity index (χ1) is 21.4. The Balaban J connectivity index is 1.66. The summed E-state index contributed by atoms with van der Waals surface area (Å²) >= 11 is 0. The van der Waals surface area contributed by atoms with E-state index in [4.69, 9.17) is 24.7 Å². The molecule has 2 aliphatic rings. The van der Waals surface area contributed by atoms with Gasteiger partial charge in [0, 0.05) is 43.4 Å². The number of anilines is 1. The molecule has 0 aromatic heterocycles. The highest BCUT2D eigenvalue weighted by Crippen LogP contribution is 2.42. The monoisotopic (exact) mass is 622 g/mol. The van der Waals surface area contributed by atoms with Crippen LogP contribution in [0.2, 0.25) is 0 Å². The maximum Gasteiger partial charge on any atom is 0.329 e. The number of ether oxygens (including phenoxy) is 3. The Kier molecular flexibility index (Phi) is 10.7. The first kappa shape index (κ1) is 33.8. The second kappa shape index (κ2) is 14.3. The predicted octanol–water partition coefficient (Wildman–Crippen LogP) is 4.63. The number of rotatable bonds is 14. The summed E-state index contributed by atoms with van der Waals surface area (Å²) in [6, 6.07) is 7.23. The summed E-state index contributed by atoms with van der Waals surface area (Å²) in [6.07, 6.45) is 2.28. The molecule has 1 unspecified atom stereocenters. The highest BCUT2D eigenvalue weighted by atomic mass is 16.5. The number of ketones is 1. The summed E-state index contributed by atoms with van der Waals surface area (Å²) in [5.74, 6) is -0.0872. The molecule has 2 aromatic rings. The van der Waals surface area contributed by atoms with Gasteiger partial charge in [-0.15, -0.1) is 0 Å². The molecule has 11 nitrogen and oxygen atoms in total. The predicted molar refractivity (Wildman–Crippen MR) is 172 cm³/mol. The van der Waals surface area contributed by atoms with Crippen LogP contribution in [-0.4, -0.2) is 86.1 Å². The smallest absolute Gasteiger partial charge is 0.329 e. The van der Waals surface area contributed by atoms with Crippen molar-refractivity contribution in [3.05, 3.63) is 52.1 Å². The van der Waals surface area contributed by atoms with E-state index in [0.717, 1.165) is 35.4 Å². The SMILES string of the molecule is CCCCOc1c(N2CCC(OCC(=O)O)C2)cc(C(=O)CN2Cc3cc(OCC)c(C(=O)NC)cc3C2=N)cc1C(C)(C)C. The van der Waals surface area contributed by atoms with Crippen LogP contribution in [0.15, 0.2) is 24.3 Å². The number of carboxylic acids is 1. The molecule has 0 radical (unpaired) electrons. The van der Waals surface area contributed by atoms with E-state index < -0.39 is 5.97 Å². The minimum Gasteiger partial charge on any atom is -0.493 e. The van der Waals surface area contributed by atoms with Crippen LogP contribution in [0.5, 0.6) is 11.5 Å². The fraction of sp³-hybridized carbons (Fsp3) is 0.529. The van der Waals surface area contributed by atoms with E-state index in [1.54, 1.807) is 24.1 Å². The molecule has 2 heterocycles. The van der Waals surface area contributed by atoms with Gasteiger partial charge < -0.3 is 34.4 Å². The summed E-state index contributed by atoms with van der Waals surface area (Å²) in [5, 5.41) is 20.6. The van der Waals surface area contributed by atoms with Gasteiger partial charge in [0.05, 0.1) is 37.1 Å². The van der Waals surface area contributed by atoms with Gasteiger partial charge in [0.15, 0.2) is 5.78 Å². The van der Waals surface area contributed by atoms with E-state index in [0.29, 0.717) is 61.7 Å². The molecule has 4 rings (SSSR count). The number of Topliss-reactive ketones (excluding diaryl/α,β-unsaturated/α-hetero) is 1. The quantitative estimate of drug-likeness (QED) is 0.203. The van der Waals surface area contributed by atoms with Crippen molar-refractivity contribution in [1.82, 2.24) is 10.2 Å². The van der Waals surface area contributed by atoms with Crippen molar-refractivity contribution in [2.75, 3.05) is 51.4 Å². The van der Waals surface area contributed by atoms with Gasteiger partial charge in [-0.05, 0) is 55.0 Å². The molecule has 1 atom stereocenters. The van der Waals surface area contributed by atoms with Crippen LogP contribution >= 0.6 is 0 Å². The van der Waals surface area contributed by atoms with Gasteiger partial charge >= 0.3 is 5.97 Å². The number of carbonyl (C=O) groups is 3. The van der Waals surface area contributed by atoms with Crippen LogP contribution < -0.4 is 19.7 Å². The number of amidine groups is 1. The molecule has 3 N–H and O–H groups in total. The number of nitrogens with zero attached hydrogens (tertiary/aromatic N) is 2. The molecule has 0 spiro atoms. The number of benzene rings is 2. The van der Waals surface area contributed by atoms with E-state index >= 15 is 0 Å². The molecule has 11 heteroatoms. The van der Waals surface area contributed by atoms with Crippen LogP contribution in [-0.2, 0) is 21.5 Å². The fourth-order valence-corrected chi connectivity index (χ4v) is 5.72. The Morgan fingerprint density at radius 3 is 2.51 bits per heavy atom. The van der Waals surface area contributed by atoms with Gasteiger partial charge in [-0.2, -0.15) is 0 Å². The van der Waals surface area contributed by atoms with Crippen LogP contribution in [0, 0.1) is 5.41 Å². The van der Waals surface area contributed by atoms with Crippen LogP contribution in [0.25, 0.3) is 0 Å². The van der Waals surface area contributed by atoms with Crippen LogP contribution in [0.1, 0.15) is 91.3 Å². The van der Waals surface area contributed by atoms with Gasteiger partial charge in [0.2, 0.25) is 0 Å². The van der Waals surface area contributed by atoms with E-state index in [-0.39, 0.29) is 42.2 Å². The standard InChI is InChI=1S/C34H46N4O7/c1-7-9-12-44-31-26(34(3,4)5)13-21(14-27(31)37-11-10-23(18-37)45-20-30(40)41)28(39)19-38-17-22-15-29(43-8-2)25(33(42)36-6)16-24(22)32(38)35/h13-16,23,35H,7-12,17-20H2,1-6H3,(H,36,42)(H,40,41). The first-order valence-electron chi connectivity index (χ1n) is 15.7. The van der Waals surface area contributed by atoms with Crippen molar-refractivity contribution >= 4 is 29.2 Å². The molecule has 45 heavy (non-hydrogen) atoms. The lowest BCUT2D eigenvalue weighted by atomic mass is 9.84. The van der Waals surface area contributed by atoms with Gasteiger partial charge in [0.1, 0.15) is 23.9 Å². The summed E-state index contributed by atoms with van der Waals surface area (Å²) in [4.78, 5) is 41.4.